The summed E-state index contributed by atoms with van der Waals surface area (Å²) in [5, 5.41) is 13.4. The fraction of sp³-hybridized carbons (Fsp3) is 0.538. The molecule has 1 aliphatic heterocycles. The van der Waals surface area contributed by atoms with Gasteiger partial charge >= 0.3 is 0 Å². The topological polar surface area (TPSA) is 35.5 Å². The predicted octanol–water partition coefficient (Wildman–Crippen LogP) is 3.00. The third kappa shape index (κ3) is 4.21. The fourth-order valence-electron chi connectivity index (χ4n) is 2.26. The number of hydrogen-bond donors (Lipinski definition) is 2. The van der Waals surface area contributed by atoms with Gasteiger partial charge in [0.15, 0.2) is 0 Å². The van der Waals surface area contributed by atoms with Crippen molar-refractivity contribution in [3.8, 4) is 0 Å². The van der Waals surface area contributed by atoms with Gasteiger partial charge in [-0.25, -0.2) is 4.39 Å². The summed E-state index contributed by atoms with van der Waals surface area (Å²) >= 11 is 11.8. The van der Waals surface area contributed by atoms with Crippen LogP contribution >= 0.6 is 23.2 Å². The van der Waals surface area contributed by atoms with Gasteiger partial charge in [-0.2, -0.15) is 0 Å². The van der Waals surface area contributed by atoms with Crippen LogP contribution in [0.15, 0.2) is 12.1 Å². The lowest BCUT2D eigenvalue weighted by atomic mass is 10.2. The molecule has 1 saturated heterocycles. The Hall–Kier alpha value is -0.550. The van der Waals surface area contributed by atoms with Crippen LogP contribution in [0.1, 0.15) is 12.8 Å². The van der Waals surface area contributed by atoms with E-state index in [1.807, 2.05) is 0 Å². The molecule has 1 atom stereocenters. The molecule has 106 valence electrons. The number of rotatable bonds is 5. The van der Waals surface area contributed by atoms with Gasteiger partial charge in [-0.1, -0.05) is 23.2 Å². The van der Waals surface area contributed by atoms with Crippen molar-refractivity contribution in [3.05, 3.63) is 28.0 Å². The van der Waals surface area contributed by atoms with E-state index in [1.54, 1.807) is 0 Å². The molecule has 0 aliphatic carbocycles. The van der Waals surface area contributed by atoms with Crippen molar-refractivity contribution in [2.75, 3.05) is 31.5 Å². The Morgan fingerprint density at radius 1 is 1.26 bits per heavy atom. The van der Waals surface area contributed by atoms with E-state index in [4.69, 9.17) is 23.2 Å². The lowest BCUT2D eigenvalue weighted by Crippen LogP contribution is -2.34. The summed E-state index contributed by atoms with van der Waals surface area (Å²) in [5.74, 6) is -0.474. The van der Waals surface area contributed by atoms with Crippen LogP contribution in [0, 0.1) is 5.82 Å². The summed E-state index contributed by atoms with van der Waals surface area (Å²) < 4.78 is 13.0. The van der Waals surface area contributed by atoms with Gasteiger partial charge in [0, 0.05) is 13.1 Å². The maximum absolute atomic E-state index is 13.0. The first-order valence-corrected chi connectivity index (χ1v) is 7.10. The zero-order chi connectivity index (χ0) is 13.8. The average molecular weight is 307 g/mol. The Labute approximate surface area is 122 Å². The van der Waals surface area contributed by atoms with E-state index in [0.717, 1.165) is 13.1 Å². The van der Waals surface area contributed by atoms with E-state index in [9.17, 15) is 9.50 Å². The molecule has 1 aromatic carbocycles. The number of nitrogens with one attached hydrogen (secondary N) is 1. The Morgan fingerprint density at radius 3 is 2.42 bits per heavy atom. The number of β-amino-alcohol motifs (C(OH)–C–C–N with tert-alkyl or cyclic N) is 1. The predicted molar refractivity (Wildman–Crippen MR) is 76.6 cm³/mol. The Morgan fingerprint density at radius 2 is 1.84 bits per heavy atom. The molecule has 0 amide bonds. The van der Waals surface area contributed by atoms with Gasteiger partial charge in [0.05, 0.1) is 21.8 Å². The first-order chi connectivity index (χ1) is 9.06. The quantitative estimate of drug-likeness (QED) is 0.878. The van der Waals surface area contributed by atoms with E-state index >= 15 is 0 Å². The van der Waals surface area contributed by atoms with Gasteiger partial charge in [-0.15, -0.1) is 0 Å². The van der Waals surface area contributed by atoms with Gasteiger partial charge in [0.1, 0.15) is 5.82 Å². The lowest BCUT2D eigenvalue weighted by Gasteiger charge is -2.20. The molecule has 1 unspecified atom stereocenters. The van der Waals surface area contributed by atoms with Crippen LogP contribution in [0.25, 0.3) is 0 Å². The molecule has 0 aromatic heterocycles. The summed E-state index contributed by atoms with van der Waals surface area (Å²) in [6.45, 7) is 3.04. The molecule has 19 heavy (non-hydrogen) atoms. The second kappa shape index (κ2) is 6.75. The van der Waals surface area contributed by atoms with Crippen LogP contribution in [0.4, 0.5) is 10.1 Å². The number of benzene rings is 1. The molecule has 1 aliphatic rings. The Kier molecular flexibility index (Phi) is 5.28. The number of halogens is 3. The number of anilines is 1. The van der Waals surface area contributed by atoms with Crippen molar-refractivity contribution >= 4 is 28.9 Å². The highest BCUT2D eigenvalue weighted by atomic mass is 35.5. The van der Waals surface area contributed by atoms with Crippen molar-refractivity contribution < 1.29 is 9.50 Å². The molecule has 1 aromatic rings. The molecule has 2 N–H and O–H groups in total. The van der Waals surface area contributed by atoms with Gasteiger partial charge in [-0.3, -0.25) is 0 Å². The molecule has 1 heterocycles. The molecule has 6 heteroatoms. The molecule has 0 radical (unpaired) electrons. The molecule has 2 rings (SSSR count). The zero-order valence-electron chi connectivity index (χ0n) is 10.5. The number of aliphatic hydroxyl groups is 1. The van der Waals surface area contributed by atoms with Crippen LogP contribution in [0.3, 0.4) is 0 Å². The van der Waals surface area contributed by atoms with Crippen molar-refractivity contribution in [1.29, 1.82) is 0 Å². The van der Waals surface area contributed by atoms with Crippen LogP contribution in [-0.2, 0) is 0 Å². The van der Waals surface area contributed by atoms with E-state index < -0.39 is 11.9 Å². The smallest absolute Gasteiger partial charge is 0.126 e. The maximum Gasteiger partial charge on any atom is 0.126 e. The van der Waals surface area contributed by atoms with Crippen molar-refractivity contribution in [1.82, 2.24) is 4.90 Å². The molecular formula is C13H17Cl2FN2O. The highest BCUT2D eigenvalue weighted by Gasteiger charge is 2.16. The zero-order valence-corrected chi connectivity index (χ0v) is 12.0. The van der Waals surface area contributed by atoms with Crippen molar-refractivity contribution in [3.63, 3.8) is 0 Å². The number of hydrogen-bond acceptors (Lipinski definition) is 3. The van der Waals surface area contributed by atoms with E-state index in [2.05, 4.69) is 10.2 Å². The normalized spacial score (nSPS) is 17.7. The molecule has 3 nitrogen and oxygen atoms in total. The summed E-state index contributed by atoms with van der Waals surface area (Å²) in [4.78, 5) is 2.22. The summed E-state index contributed by atoms with van der Waals surface area (Å²) in [6.07, 6.45) is 1.88. The van der Waals surface area contributed by atoms with Gasteiger partial charge in [0.25, 0.3) is 0 Å². The van der Waals surface area contributed by atoms with Gasteiger partial charge < -0.3 is 15.3 Å². The van der Waals surface area contributed by atoms with Crippen LogP contribution in [0.2, 0.25) is 10.0 Å². The van der Waals surface area contributed by atoms with Crippen LogP contribution < -0.4 is 5.32 Å². The fourth-order valence-corrected chi connectivity index (χ4v) is 2.85. The van der Waals surface area contributed by atoms with Gasteiger partial charge in [-0.05, 0) is 38.1 Å². The lowest BCUT2D eigenvalue weighted by molar-refractivity contribution is 0.135. The third-order valence-corrected chi connectivity index (χ3v) is 3.79. The molecule has 0 saturated carbocycles. The number of likely N-dealkylation sites (tertiary alicyclic amines) is 1. The minimum atomic E-state index is -0.504. The van der Waals surface area contributed by atoms with Crippen molar-refractivity contribution in [2.45, 2.75) is 18.9 Å². The molecule has 1 fully saturated rings. The number of nitrogens with zero attached hydrogens (tertiary/aromatic N) is 1. The van der Waals surface area contributed by atoms with E-state index in [-0.39, 0.29) is 10.0 Å². The minimum absolute atomic E-state index is 0.221. The summed E-state index contributed by atoms with van der Waals surface area (Å²) in [7, 11) is 0. The number of aliphatic hydroxyl groups excluding tert-OH is 1. The standard InChI is InChI=1S/C13H17Cl2FN2O/c14-11-5-9(16)6-12(15)13(11)17-7-10(19)8-18-3-1-2-4-18/h5-6,10,17,19H,1-4,7-8H2. The van der Waals surface area contributed by atoms with Crippen LogP contribution in [-0.4, -0.2) is 42.3 Å². The Balaban J connectivity index is 1.87. The molecule has 0 spiro atoms. The second-order valence-corrected chi connectivity index (χ2v) is 5.60. The summed E-state index contributed by atoms with van der Waals surface area (Å²) in [5.41, 5.74) is 0.463. The van der Waals surface area contributed by atoms with Crippen molar-refractivity contribution in [2.24, 2.45) is 0 Å². The third-order valence-electron chi connectivity index (χ3n) is 3.19. The van der Waals surface area contributed by atoms with E-state index in [0.29, 0.717) is 18.8 Å². The average Bonchev–Trinajstić information content (AvgIpc) is 2.80. The Bertz CT molecular complexity index is 416. The highest BCUT2D eigenvalue weighted by Crippen LogP contribution is 2.31. The highest BCUT2D eigenvalue weighted by molar-refractivity contribution is 6.39. The minimum Gasteiger partial charge on any atom is -0.390 e. The van der Waals surface area contributed by atoms with E-state index in [1.165, 1.54) is 25.0 Å². The first kappa shape index (κ1) is 14.9. The largest absolute Gasteiger partial charge is 0.390 e. The molecule has 0 bridgehead atoms. The molecular weight excluding hydrogens is 290 g/mol. The van der Waals surface area contributed by atoms with Gasteiger partial charge in [0.2, 0.25) is 0 Å². The van der Waals surface area contributed by atoms with Crippen LogP contribution in [0.5, 0.6) is 0 Å². The monoisotopic (exact) mass is 306 g/mol. The first-order valence-electron chi connectivity index (χ1n) is 6.35. The second-order valence-electron chi connectivity index (χ2n) is 4.79. The summed E-state index contributed by atoms with van der Waals surface area (Å²) in [6, 6.07) is 2.39. The maximum atomic E-state index is 13.0. The SMILES string of the molecule is OC(CNc1c(Cl)cc(F)cc1Cl)CN1CCCC1.